The monoisotopic (exact) mass is 263 g/mol. The minimum atomic E-state index is 0.0547. The molecule has 1 aromatic rings. The lowest BCUT2D eigenvalue weighted by molar-refractivity contribution is 0.533. The third-order valence-corrected chi connectivity index (χ3v) is 3.93. The Labute approximate surface area is 116 Å². The van der Waals surface area contributed by atoms with Crippen LogP contribution in [-0.2, 0) is 0 Å². The summed E-state index contributed by atoms with van der Waals surface area (Å²) in [6, 6.07) is 2.60. The van der Waals surface area contributed by atoms with Crippen molar-refractivity contribution in [3.05, 3.63) is 12.4 Å². The first-order valence-electron chi connectivity index (χ1n) is 6.89. The molecule has 1 fully saturated rings. The average molecular weight is 263 g/mol. The van der Waals surface area contributed by atoms with Gasteiger partial charge in [-0.25, -0.2) is 9.97 Å². The Kier molecular flexibility index (Phi) is 3.94. The summed E-state index contributed by atoms with van der Waals surface area (Å²) in [7, 11) is 4.18. The summed E-state index contributed by atoms with van der Waals surface area (Å²) in [6.45, 7) is 8.66. The highest BCUT2D eigenvalue weighted by atomic mass is 15.3. The third kappa shape index (κ3) is 3.15. The zero-order valence-corrected chi connectivity index (χ0v) is 12.6. The molecule has 0 radical (unpaired) electrons. The minimum absolute atomic E-state index is 0.0547. The molecule has 1 aromatic heterocycles. The normalized spacial score (nSPS) is 19.5. The highest BCUT2D eigenvalue weighted by Crippen LogP contribution is 2.23. The van der Waals surface area contributed by atoms with E-state index in [4.69, 9.17) is 0 Å². The van der Waals surface area contributed by atoms with Crippen LogP contribution >= 0.6 is 0 Å². The van der Waals surface area contributed by atoms with Crippen molar-refractivity contribution in [3.63, 3.8) is 0 Å². The molecule has 106 valence electrons. The van der Waals surface area contributed by atoms with Crippen LogP contribution in [0.4, 0.5) is 11.6 Å². The van der Waals surface area contributed by atoms with Crippen molar-refractivity contribution in [2.24, 2.45) is 0 Å². The Balaban J connectivity index is 2.19. The van der Waals surface area contributed by atoms with E-state index in [9.17, 15) is 0 Å². The summed E-state index contributed by atoms with van der Waals surface area (Å²) in [5.41, 5.74) is 0.0547. The molecule has 19 heavy (non-hydrogen) atoms. The van der Waals surface area contributed by atoms with E-state index in [0.717, 1.165) is 24.7 Å². The number of nitrogens with one attached hydrogen (secondary N) is 1. The molecule has 0 amide bonds. The van der Waals surface area contributed by atoms with Crippen LogP contribution in [0.1, 0.15) is 27.2 Å². The summed E-state index contributed by atoms with van der Waals surface area (Å²) < 4.78 is 0. The zero-order chi connectivity index (χ0) is 14.0. The average Bonchev–Trinajstić information content (AvgIpc) is 2.90. The van der Waals surface area contributed by atoms with Crippen molar-refractivity contribution in [2.75, 3.05) is 37.0 Å². The Morgan fingerprint density at radius 2 is 1.89 bits per heavy atom. The molecule has 0 saturated carbocycles. The Morgan fingerprint density at radius 1 is 1.21 bits per heavy atom. The molecule has 2 heterocycles. The van der Waals surface area contributed by atoms with E-state index in [2.05, 4.69) is 66.0 Å². The number of nitrogens with zero attached hydrogens (tertiary/aromatic N) is 4. The molecule has 5 nitrogen and oxygen atoms in total. The maximum atomic E-state index is 4.41. The first-order valence-corrected chi connectivity index (χ1v) is 6.89. The number of aromatic nitrogens is 2. The Morgan fingerprint density at radius 3 is 2.47 bits per heavy atom. The molecule has 1 atom stereocenters. The number of anilines is 2. The fourth-order valence-electron chi connectivity index (χ4n) is 2.21. The van der Waals surface area contributed by atoms with Crippen LogP contribution in [-0.4, -0.2) is 48.7 Å². The van der Waals surface area contributed by atoms with Gasteiger partial charge in [0.2, 0.25) is 0 Å². The number of rotatable bonds is 3. The van der Waals surface area contributed by atoms with E-state index >= 15 is 0 Å². The summed E-state index contributed by atoms with van der Waals surface area (Å²) in [6.07, 6.45) is 2.83. The fraction of sp³-hybridized carbons (Fsp3) is 0.714. The van der Waals surface area contributed by atoms with Gasteiger partial charge in [0.25, 0.3) is 0 Å². The van der Waals surface area contributed by atoms with Crippen LogP contribution in [0.2, 0.25) is 0 Å². The number of hydrogen-bond donors (Lipinski definition) is 1. The predicted molar refractivity (Wildman–Crippen MR) is 79.9 cm³/mol. The maximum Gasteiger partial charge on any atom is 0.134 e. The molecular weight excluding hydrogens is 238 g/mol. The van der Waals surface area contributed by atoms with Gasteiger partial charge >= 0.3 is 0 Å². The van der Waals surface area contributed by atoms with Crippen molar-refractivity contribution < 1.29 is 0 Å². The van der Waals surface area contributed by atoms with Crippen LogP contribution < -0.4 is 15.1 Å². The third-order valence-electron chi connectivity index (χ3n) is 3.93. The topological polar surface area (TPSA) is 44.3 Å². The summed E-state index contributed by atoms with van der Waals surface area (Å²) in [4.78, 5) is 13.2. The fourth-order valence-corrected chi connectivity index (χ4v) is 2.21. The van der Waals surface area contributed by atoms with E-state index in [0.29, 0.717) is 6.04 Å². The van der Waals surface area contributed by atoms with Gasteiger partial charge in [0.15, 0.2) is 0 Å². The van der Waals surface area contributed by atoms with E-state index < -0.39 is 0 Å². The number of likely N-dealkylation sites (N-methyl/N-ethyl adjacent to an activating group) is 1. The molecule has 1 aliphatic rings. The first-order chi connectivity index (χ1) is 8.89. The van der Waals surface area contributed by atoms with Gasteiger partial charge in [-0.05, 0) is 33.7 Å². The molecule has 0 spiro atoms. The lowest BCUT2D eigenvalue weighted by Gasteiger charge is -2.33. The summed E-state index contributed by atoms with van der Waals surface area (Å²) in [5, 5.41) is 3.39. The quantitative estimate of drug-likeness (QED) is 0.895. The van der Waals surface area contributed by atoms with E-state index in [1.165, 1.54) is 6.42 Å². The second-order valence-corrected chi connectivity index (χ2v) is 6.22. The predicted octanol–water partition coefficient (Wildman–Crippen LogP) is 1.51. The molecule has 0 bridgehead atoms. The number of hydrogen-bond acceptors (Lipinski definition) is 5. The Hall–Kier alpha value is -1.36. The molecular formula is C14H25N5. The minimum Gasteiger partial charge on any atom is -0.355 e. The van der Waals surface area contributed by atoms with E-state index in [-0.39, 0.29) is 5.54 Å². The Bertz CT molecular complexity index is 420. The van der Waals surface area contributed by atoms with Crippen molar-refractivity contribution in [3.8, 4) is 0 Å². The van der Waals surface area contributed by atoms with Gasteiger partial charge in [0.1, 0.15) is 18.0 Å². The van der Waals surface area contributed by atoms with Crippen LogP contribution in [0.5, 0.6) is 0 Å². The molecule has 1 saturated heterocycles. The van der Waals surface area contributed by atoms with Crippen molar-refractivity contribution in [1.29, 1.82) is 0 Å². The van der Waals surface area contributed by atoms with Gasteiger partial charge in [0, 0.05) is 38.3 Å². The standard InChI is InChI=1S/C14H25N5/c1-14(2,3)19(5)13-8-12(16-10-17-13)18(4)11-6-7-15-9-11/h8,10-11,15H,6-7,9H2,1-5H3. The molecule has 5 heteroatoms. The lowest BCUT2D eigenvalue weighted by atomic mass is 10.1. The highest BCUT2D eigenvalue weighted by Gasteiger charge is 2.23. The van der Waals surface area contributed by atoms with Gasteiger partial charge in [-0.3, -0.25) is 0 Å². The largest absolute Gasteiger partial charge is 0.355 e. The van der Waals surface area contributed by atoms with E-state index in [1.807, 2.05) is 0 Å². The van der Waals surface area contributed by atoms with Crippen LogP contribution in [0.15, 0.2) is 12.4 Å². The smallest absolute Gasteiger partial charge is 0.134 e. The van der Waals surface area contributed by atoms with Crippen LogP contribution in [0, 0.1) is 0 Å². The molecule has 2 rings (SSSR count). The zero-order valence-electron chi connectivity index (χ0n) is 12.6. The van der Waals surface area contributed by atoms with Gasteiger partial charge in [-0.15, -0.1) is 0 Å². The maximum absolute atomic E-state index is 4.41. The van der Waals surface area contributed by atoms with Crippen molar-refractivity contribution >= 4 is 11.6 Å². The van der Waals surface area contributed by atoms with Crippen molar-refractivity contribution in [2.45, 2.75) is 38.8 Å². The molecule has 1 unspecified atom stereocenters. The molecule has 0 aromatic carbocycles. The van der Waals surface area contributed by atoms with Crippen LogP contribution in [0.25, 0.3) is 0 Å². The summed E-state index contributed by atoms with van der Waals surface area (Å²) in [5.74, 6) is 1.96. The van der Waals surface area contributed by atoms with Gasteiger partial charge in [-0.2, -0.15) is 0 Å². The lowest BCUT2D eigenvalue weighted by Crippen LogP contribution is -2.39. The van der Waals surface area contributed by atoms with Crippen molar-refractivity contribution in [1.82, 2.24) is 15.3 Å². The second kappa shape index (κ2) is 5.33. The first kappa shape index (κ1) is 14.1. The summed E-state index contributed by atoms with van der Waals surface area (Å²) >= 11 is 0. The van der Waals surface area contributed by atoms with E-state index in [1.54, 1.807) is 6.33 Å². The highest BCUT2D eigenvalue weighted by molar-refractivity contribution is 5.51. The SMILES string of the molecule is CN(c1cc(N(C)C(C)(C)C)ncn1)C1CCNC1. The van der Waals surface area contributed by atoms with Crippen LogP contribution in [0.3, 0.4) is 0 Å². The molecule has 0 aliphatic carbocycles. The molecule has 1 N–H and O–H groups in total. The van der Waals surface area contributed by atoms with Gasteiger partial charge in [0.05, 0.1) is 0 Å². The molecule has 1 aliphatic heterocycles. The second-order valence-electron chi connectivity index (χ2n) is 6.22. The van der Waals surface area contributed by atoms with Gasteiger partial charge in [-0.1, -0.05) is 0 Å². The van der Waals surface area contributed by atoms with Gasteiger partial charge < -0.3 is 15.1 Å².